The Balaban J connectivity index is 0.00000342. The normalized spacial score (nSPS) is 17.1. The van der Waals surface area contributed by atoms with Gasteiger partial charge in [0.05, 0.1) is 11.0 Å². The number of nitrogens with zero attached hydrogens (tertiary/aromatic N) is 2. The van der Waals surface area contributed by atoms with Crippen LogP contribution in [0.3, 0.4) is 0 Å². The largest absolute Gasteiger partial charge is 0.354 e. The number of anilines is 3. The molecule has 11 heteroatoms. The van der Waals surface area contributed by atoms with E-state index < -0.39 is 15.9 Å². The SMILES string of the molecule is Cc1cc(C(=O)Nc2ccc(S(=O)(=O)Nc3ccccc3)cc2)nc(NCCNC2OC2C)n1.[HH].[HH].[HH].[HH]. The fourth-order valence-electron chi connectivity index (χ4n) is 3.19. The topological polar surface area (TPSA) is 138 Å². The van der Waals surface area contributed by atoms with Crippen LogP contribution in [0.2, 0.25) is 0 Å². The van der Waals surface area contributed by atoms with Crippen LogP contribution in [0.1, 0.15) is 28.8 Å². The summed E-state index contributed by atoms with van der Waals surface area (Å²) in [6.07, 6.45) is 0.330. The highest BCUT2D eigenvalue weighted by Gasteiger charge is 2.33. The van der Waals surface area contributed by atoms with Crippen LogP contribution in [0.4, 0.5) is 17.3 Å². The standard InChI is InChI=1S/C23H26N6O4S.4H2/c1-15-14-20(28-23(26-15)25-13-12-24-22-16(2)33-22)21(30)27-17-8-10-19(11-9-17)34(31,32)29-18-6-4-3-5-7-18;;;;/h3-11,14,16,22,24,29H,12-13H2,1-2H3,(H,27,30)(H,25,26,28);4*1H. The van der Waals surface area contributed by atoms with Crippen LogP contribution in [0.5, 0.6) is 0 Å². The number of aromatic nitrogens is 2. The van der Waals surface area contributed by atoms with E-state index in [0.717, 1.165) is 0 Å². The van der Waals surface area contributed by atoms with Crippen molar-refractivity contribution in [2.24, 2.45) is 0 Å². The maximum Gasteiger partial charge on any atom is 0.274 e. The van der Waals surface area contributed by atoms with Crippen LogP contribution in [-0.4, -0.2) is 49.7 Å². The molecule has 1 fully saturated rings. The van der Waals surface area contributed by atoms with Crippen molar-refractivity contribution in [2.45, 2.75) is 31.1 Å². The van der Waals surface area contributed by atoms with Gasteiger partial charge in [0.1, 0.15) is 11.9 Å². The predicted molar refractivity (Wildman–Crippen MR) is 138 cm³/mol. The molecule has 0 bridgehead atoms. The van der Waals surface area contributed by atoms with Crippen molar-refractivity contribution >= 4 is 33.3 Å². The van der Waals surface area contributed by atoms with Crippen molar-refractivity contribution in [2.75, 3.05) is 28.4 Å². The van der Waals surface area contributed by atoms with Gasteiger partial charge >= 0.3 is 0 Å². The maximum absolute atomic E-state index is 12.7. The van der Waals surface area contributed by atoms with Gasteiger partial charge in [-0.05, 0) is 56.3 Å². The van der Waals surface area contributed by atoms with Crippen molar-refractivity contribution < 1.29 is 23.7 Å². The number of carbonyl (C=O) groups is 1. The van der Waals surface area contributed by atoms with E-state index in [1.165, 1.54) is 24.3 Å². The average Bonchev–Trinajstić information content (AvgIpc) is 3.52. The Labute approximate surface area is 204 Å². The summed E-state index contributed by atoms with van der Waals surface area (Å²) in [6, 6.07) is 16.1. The van der Waals surface area contributed by atoms with Gasteiger partial charge in [0.15, 0.2) is 0 Å². The number of hydrogen-bond donors (Lipinski definition) is 4. The molecule has 0 spiro atoms. The first kappa shape index (κ1) is 23.6. The van der Waals surface area contributed by atoms with Crippen LogP contribution in [-0.2, 0) is 14.8 Å². The fraction of sp³-hybridized carbons (Fsp3) is 0.261. The summed E-state index contributed by atoms with van der Waals surface area (Å²) in [4.78, 5) is 21.4. The molecular formula is C23H34N6O4S. The summed E-state index contributed by atoms with van der Waals surface area (Å²) in [5, 5.41) is 9.05. The van der Waals surface area contributed by atoms with Gasteiger partial charge in [-0.2, -0.15) is 0 Å². The van der Waals surface area contributed by atoms with Gasteiger partial charge in [0, 0.05) is 35.9 Å². The van der Waals surface area contributed by atoms with Crippen molar-refractivity contribution in [3.05, 3.63) is 72.1 Å². The number of epoxide rings is 1. The van der Waals surface area contributed by atoms with E-state index >= 15 is 0 Å². The summed E-state index contributed by atoms with van der Waals surface area (Å²) in [5.74, 6) is -0.0740. The van der Waals surface area contributed by atoms with Crippen LogP contribution in [0.25, 0.3) is 0 Å². The predicted octanol–water partition coefficient (Wildman–Crippen LogP) is 3.57. The summed E-state index contributed by atoms with van der Waals surface area (Å²) in [7, 11) is -3.74. The highest BCUT2D eigenvalue weighted by atomic mass is 32.2. The molecular weight excluding hydrogens is 456 g/mol. The van der Waals surface area contributed by atoms with Crippen LogP contribution < -0.4 is 20.7 Å². The number of nitrogens with one attached hydrogen (secondary N) is 4. The zero-order valence-corrected chi connectivity index (χ0v) is 19.6. The number of para-hydroxylation sites is 1. The zero-order valence-electron chi connectivity index (χ0n) is 18.8. The van der Waals surface area contributed by atoms with Gasteiger partial charge in [-0.3, -0.25) is 14.8 Å². The number of ether oxygens (including phenoxy) is 1. The quantitative estimate of drug-likeness (QED) is 0.250. The Bertz CT molecular complexity index is 1270. The number of hydrogen-bond acceptors (Lipinski definition) is 8. The minimum Gasteiger partial charge on any atom is -0.354 e. The summed E-state index contributed by atoms with van der Waals surface area (Å²) >= 11 is 0. The Hall–Kier alpha value is -3.54. The summed E-state index contributed by atoms with van der Waals surface area (Å²) < 4.78 is 32.9. The van der Waals surface area contributed by atoms with Gasteiger partial charge in [-0.1, -0.05) is 18.2 Å². The highest BCUT2D eigenvalue weighted by Crippen LogP contribution is 2.19. The van der Waals surface area contributed by atoms with Crippen molar-refractivity contribution in [3.63, 3.8) is 0 Å². The Morgan fingerprint density at radius 2 is 1.74 bits per heavy atom. The first-order valence-electron chi connectivity index (χ1n) is 10.8. The van der Waals surface area contributed by atoms with Crippen molar-refractivity contribution in [1.82, 2.24) is 15.3 Å². The van der Waals surface area contributed by atoms with Gasteiger partial charge in [-0.25, -0.2) is 18.4 Å². The number of amides is 1. The molecule has 4 N–H and O–H groups in total. The summed E-state index contributed by atoms with van der Waals surface area (Å²) in [6.45, 7) is 5.01. The van der Waals surface area contributed by atoms with Gasteiger partial charge in [-0.15, -0.1) is 0 Å². The van der Waals surface area contributed by atoms with Gasteiger partial charge < -0.3 is 15.4 Å². The number of carbonyl (C=O) groups excluding carboxylic acids is 1. The molecule has 0 saturated carbocycles. The number of rotatable bonds is 10. The molecule has 186 valence electrons. The molecule has 1 amide bonds. The third-order valence-electron chi connectivity index (χ3n) is 5.00. The van der Waals surface area contributed by atoms with E-state index in [4.69, 9.17) is 4.74 Å². The maximum atomic E-state index is 12.7. The summed E-state index contributed by atoms with van der Waals surface area (Å²) in [5.41, 5.74) is 1.75. The minimum atomic E-state index is -3.74. The van der Waals surface area contributed by atoms with E-state index in [9.17, 15) is 13.2 Å². The fourth-order valence-corrected chi connectivity index (χ4v) is 4.24. The zero-order chi connectivity index (χ0) is 24.1. The van der Waals surface area contributed by atoms with Crippen LogP contribution >= 0.6 is 0 Å². The van der Waals surface area contributed by atoms with E-state index in [1.807, 2.05) is 6.92 Å². The smallest absolute Gasteiger partial charge is 0.274 e. The second kappa shape index (κ2) is 10.2. The van der Waals surface area contributed by atoms with E-state index in [2.05, 4.69) is 30.6 Å². The number of aryl methyl sites for hydroxylation is 1. The van der Waals surface area contributed by atoms with Crippen molar-refractivity contribution in [1.29, 1.82) is 0 Å². The first-order valence-corrected chi connectivity index (χ1v) is 12.3. The molecule has 1 aromatic heterocycles. The van der Waals surface area contributed by atoms with Crippen molar-refractivity contribution in [3.8, 4) is 0 Å². The third-order valence-corrected chi connectivity index (χ3v) is 6.40. The lowest BCUT2D eigenvalue weighted by molar-refractivity contribution is 0.102. The second-order valence-corrected chi connectivity index (χ2v) is 9.49. The molecule has 2 unspecified atom stereocenters. The Kier molecular flexibility index (Phi) is 7.06. The van der Waals surface area contributed by atoms with Crippen LogP contribution in [0.15, 0.2) is 65.6 Å². The lowest BCUT2D eigenvalue weighted by atomic mass is 10.3. The lowest BCUT2D eigenvalue weighted by Gasteiger charge is -2.10. The first-order chi connectivity index (χ1) is 16.3. The molecule has 1 aliphatic rings. The van der Waals surface area contributed by atoms with Crippen LogP contribution in [0, 0.1) is 6.92 Å². The molecule has 2 aromatic carbocycles. The minimum absolute atomic E-state index is 0. The Morgan fingerprint density at radius 3 is 2.41 bits per heavy atom. The van der Waals surface area contributed by atoms with E-state index in [-0.39, 0.29) is 28.6 Å². The lowest BCUT2D eigenvalue weighted by Crippen LogP contribution is -2.26. The van der Waals surface area contributed by atoms with E-state index in [0.29, 0.717) is 36.1 Å². The molecule has 10 nitrogen and oxygen atoms in total. The monoisotopic (exact) mass is 490 g/mol. The number of sulfonamides is 1. The molecule has 0 aliphatic carbocycles. The molecule has 0 radical (unpaired) electrons. The average molecular weight is 491 g/mol. The van der Waals surface area contributed by atoms with Gasteiger partial charge in [0.2, 0.25) is 5.95 Å². The van der Waals surface area contributed by atoms with E-state index in [1.54, 1.807) is 43.3 Å². The molecule has 1 aliphatic heterocycles. The Morgan fingerprint density at radius 1 is 1.03 bits per heavy atom. The molecule has 2 heterocycles. The number of benzene rings is 2. The second-order valence-electron chi connectivity index (χ2n) is 7.81. The third kappa shape index (κ3) is 6.28. The molecule has 1 saturated heterocycles. The van der Waals surface area contributed by atoms with Gasteiger partial charge in [0.25, 0.3) is 15.9 Å². The molecule has 2 atom stereocenters. The molecule has 34 heavy (non-hydrogen) atoms. The highest BCUT2D eigenvalue weighted by molar-refractivity contribution is 7.92. The molecule has 4 rings (SSSR count). The molecule has 3 aromatic rings.